The Labute approximate surface area is 177 Å². The summed E-state index contributed by atoms with van der Waals surface area (Å²) >= 11 is 0. The lowest BCUT2D eigenvalue weighted by atomic mass is 10.0. The van der Waals surface area contributed by atoms with E-state index in [2.05, 4.69) is 10.6 Å². The number of amides is 2. The van der Waals surface area contributed by atoms with Gasteiger partial charge in [-0.15, -0.1) is 0 Å². The van der Waals surface area contributed by atoms with Gasteiger partial charge in [-0.3, -0.25) is 13.9 Å². The predicted octanol–water partition coefficient (Wildman–Crippen LogP) is 2.99. The van der Waals surface area contributed by atoms with Gasteiger partial charge in [-0.25, -0.2) is 8.42 Å². The second-order valence-corrected chi connectivity index (χ2v) is 10.4. The molecule has 0 unspecified atom stereocenters. The van der Waals surface area contributed by atoms with Crippen LogP contribution in [0.2, 0.25) is 0 Å². The minimum absolute atomic E-state index is 0.222. The Bertz CT molecular complexity index is 1070. The van der Waals surface area contributed by atoms with Gasteiger partial charge in [-0.2, -0.15) is 0 Å². The minimum atomic E-state index is -3.74. The Kier molecular flexibility index (Phi) is 5.90. The number of nitrogens with one attached hydrogen (secondary N) is 2. The third-order valence-corrected chi connectivity index (χ3v) is 6.55. The van der Waals surface area contributed by atoms with Crippen LogP contribution < -0.4 is 14.9 Å². The number of benzene rings is 2. The first kappa shape index (κ1) is 21.8. The van der Waals surface area contributed by atoms with Crippen molar-refractivity contribution in [1.82, 2.24) is 5.32 Å². The van der Waals surface area contributed by atoms with E-state index >= 15 is 0 Å². The topological polar surface area (TPSA) is 95.6 Å². The molecule has 0 saturated heterocycles. The molecule has 0 saturated carbocycles. The fourth-order valence-corrected chi connectivity index (χ4v) is 4.82. The molecule has 0 radical (unpaired) electrons. The molecule has 0 fully saturated rings. The van der Waals surface area contributed by atoms with Crippen LogP contribution in [-0.4, -0.2) is 32.3 Å². The van der Waals surface area contributed by atoms with E-state index in [9.17, 15) is 18.0 Å². The van der Waals surface area contributed by atoms with E-state index in [4.69, 9.17) is 0 Å². The highest BCUT2D eigenvalue weighted by Crippen LogP contribution is 2.34. The fourth-order valence-electron chi connectivity index (χ4n) is 3.29. The van der Waals surface area contributed by atoms with Crippen molar-refractivity contribution in [2.24, 2.45) is 0 Å². The number of carbonyl (C=O) groups is 2. The molecule has 1 aliphatic heterocycles. The van der Waals surface area contributed by atoms with Crippen LogP contribution in [0.4, 0.5) is 11.4 Å². The molecule has 160 valence electrons. The van der Waals surface area contributed by atoms with Gasteiger partial charge in [0, 0.05) is 17.8 Å². The maximum atomic E-state index is 13.2. The monoisotopic (exact) mass is 429 g/mol. The third-order valence-electron chi connectivity index (χ3n) is 4.72. The van der Waals surface area contributed by atoms with E-state index in [-0.39, 0.29) is 4.90 Å². The second-order valence-electron chi connectivity index (χ2n) is 8.50. The minimum Gasteiger partial charge on any atom is -0.343 e. The van der Waals surface area contributed by atoms with Crippen molar-refractivity contribution in [1.29, 1.82) is 0 Å². The van der Waals surface area contributed by atoms with E-state index in [0.29, 0.717) is 24.3 Å². The summed E-state index contributed by atoms with van der Waals surface area (Å²) in [5.41, 5.74) is 2.22. The molecule has 2 aromatic rings. The van der Waals surface area contributed by atoms with Gasteiger partial charge in [0.2, 0.25) is 0 Å². The van der Waals surface area contributed by atoms with Crippen LogP contribution in [0.25, 0.3) is 0 Å². The number of nitrogens with zero attached hydrogens (tertiary/aromatic N) is 1. The molecule has 0 aromatic heterocycles. The van der Waals surface area contributed by atoms with Crippen molar-refractivity contribution in [3.8, 4) is 0 Å². The molecule has 3 rings (SSSR count). The van der Waals surface area contributed by atoms with Crippen molar-refractivity contribution in [2.45, 2.75) is 51.0 Å². The molecular formula is C22H27N3O4S. The molecule has 2 amide bonds. The number of fused-ring (bicyclic) bond motifs is 1. The molecule has 2 aromatic carbocycles. The summed E-state index contributed by atoms with van der Waals surface area (Å²) in [6.07, 6.45) is 1.45. The van der Waals surface area contributed by atoms with E-state index in [1.165, 1.54) is 4.31 Å². The first-order valence-corrected chi connectivity index (χ1v) is 11.3. The summed E-state index contributed by atoms with van der Waals surface area (Å²) in [5, 5.41) is 5.16. The molecule has 0 bridgehead atoms. The van der Waals surface area contributed by atoms with E-state index in [1.807, 2.05) is 6.92 Å². The van der Waals surface area contributed by atoms with E-state index in [0.717, 1.165) is 17.5 Å². The Hall–Kier alpha value is -2.87. The molecule has 30 heavy (non-hydrogen) atoms. The van der Waals surface area contributed by atoms with E-state index < -0.39 is 27.4 Å². The second kappa shape index (κ2) is 8.10. The number of aryl methyl sites for hydroxylation is 2. The maximum absolute atomic E-state index is 13.2. The van der Waals surface area contributed by atoms with Gasteiger partial charge < -0.3 is 10.6 Å². The largest absolute Gasteiger partial charge is 0.343 e. The third kappa shape index (κ3) is 4.81. The standard InChI is InChI=1S/C22H27N3O4S/c1-15-7-11-18(12-8-15)30(28,29)25-13-5-6-16-9-10-17(14-19(16)25)23-20(26)21(27)24-22(2,3)4/h7-12,14H,5-6,13H2,1-4H3,(H,23,26)(H,24,27). The molecule has 1 aliphatic rings. The zero-order chi connectivity index (χ0) is 22.1. The van der Waals surface area contributed by atoms with Crippen LogP contribution in [0.5, 0.6) is 0 Å². The molecule has 0 aliphatic carbocycles. The maximum Gasteiger partial charge on any atom is 0.313 e. The SMILES string of the molecule is Cc1ccc(S(=O)(=O)N2CCCc3ccc(NC(=O)C(=O)NC(C)(C)C)cc32)cc1. The fraction of sp³-hybridized carbons (Fsp3) is 0.364. The Morgan fingerprint density at radius 3 is 2.30 bits per heavy atom. The molecule has 8 heteroatoms. The number of anilines is 2. The summed E-state index contributed by atoms with van der Waals surface area (Å²) < 4.78 is 27.8. The lowest BCUT2D eigenvalue weighted by Gasteiger charge is -2.31. The smallest absolute Gasteiger partial charge is 0.313 e. The highest BCUT2D eigenvalue weighted by Gasteiger charge is 2.29. The number of carbonyl (C=O) groups excluding carboxylic acids is 2. The van der Waals surface area contributed by atoms with Gasteiger partial charge in [0.15, 0.2) is 0 Å². The Morgan fingerprint density at radius 2 is 1.67 bits per heavy atom. The van der Waals surface area contributed by atoms with Crippen LogP contribution in [0.1, 0.15) is 38.3 Å². The van der Waals surface area contributed by atoms with Gasteiger partial charge in [0.25, 0.3) is 10.0 Å². The summed E-state index contributed by atoms with van der Waals surface area (Å²) in [5.74, 6) is -1.54. The van der Waals surface area contributed by atoms with Crippen molar-refractivity contribution < 1.29 is 18.0 Å². The van der Waals surface area contributed by atoms with Gasteiger partial charge in [-0.05, 0) is 70.4 Å². The van der Waals surface area contributed by atoms with Crippen LogP contribution >= 0.6 is 0 Å². The Balaban J connectivity index is 1.89. The summed E-state index contributed by atoms with van der Waals surface area (Å²) in [4.78, 5) is 24.5. The number of hydrogen-bond acceptors (Lipinski definition) is 4. The number of sulfonamides is 1. The number of hydrogen-bond donors (Lipinski definition) is 2. The normalized spacial score (nSPS) is 14.1. The molecule has 7 nitrogen and oxygen atoms in total. The van der Waals surface area contributed by atoms with Crippen LogP contribution in [0.15, 0.2) is 47.4 Å². The van der Waals surface area contributed by atoms with Crippen LogP contribution in [0.3, 0.4) is 0 Å². The summed E-state index contributed by atoms with van der Waals surface area (Å²) in [6, 6.07) is 11.8. The molecule has 0 atom stereocenters. The van der Waals surface area contributed by atoms with Gasteiger partial charge in [0.05, 0.1) is 10.6 Å². The average Bonchev–Trinajstić information content (AvgIpc) is 2.66. The first-order chi connectivity index (χ1) is 14.0. The van der Waals surface area contributed by atoms with Crippen molar-refractivity contribution in [3.63, 3.8) is 0 Å². The lowest BCUT2D eigenvalue weighted by Crippen LogP contribution is -2.46. The molecule has 2 N–H and O–H groups in total. The van der Waals surface area contributed by atoms with Crippen LogP contribution in [-0.2, 0) is 26.0 Å². The highest BCUT2D eigenvalue weighted by molar-refractivity contribution is 7.92. The Morgan fingerprint density at radius 1 is 1.00 bits per heavy atom. The summed E-state index contributed by atoms with van der Waals surface area (Å²) in [6.45, 7) is 7.60. The van der Waals surface area contributed by atoms with E-state index in [1.54, 1.807) is 63.2 Å². The molecule has 1 heterocycles. The number of rotatable bonds is 3. The van der Waals surface area contributed by atoms with Crippen LogP contribution in [0, 0.1) is 6.92 Å². The molecule has 0 spiro atoms. The highest BCUT2D eigenvalue weighted by atomic mass is 32.2. The zero-order valence-corrected chi connectivity index (χ0v) is 18.5. The van der Waals surface area contributed by atoms with Crippen molar-refractivity contribution in [3.05, 3.63) is 53.6 Å². The van der Waals surface area contributed by atoms with Gasteiger partial charge >= 0.3 is 11.8 Å². The van der Waals surface area contributed by atoms with Gasteiger partial charge in [-0.1, -0.05) is 23.8 Å². The average molecular weight is 430 g/mol. The van der Waals surface area contributed by atoms with Crippen molar-refractivity contribution in [2.75, 3.05) is 16.2 Å². The predicted molar refractivity (Wildman–Crippen MR) is 117 cm³/mol. The quantitative estimate of drug-likeness (QED) is 0.733. The van der Waals surface area contributed by atoms with Gasteiger partial charge in [0.1, 0.15) is 0 Å². The zero-order valence-electron chi connectivity index (χ0n) is 17.7. The lowest BCUT2D eigenvalue weighted by molar-refractivity contribution is -0.137. The first-order valence-electron chi connectivity index (χ1n) is 9.83. The summed E-state index contributed by atoms with van der Waals surface area (Å²) in [7, 11) is -3.74. The van der Waals surface area contributed by atoms with Crippen molar-refractivity contribution >= 4 is 33.2 Å². The molecular weight excluding hydrogens is 402 g/mol.